The van der Waals surface area contributed by atoms with Gasteiger partial charge in [0.2, 0.25) is 0 Å². The van der Waals surface area contributed by atoms with Crippen molar-refractivity contribution in [2.24, 2.45) is 0 Å². The van der Waals surface area contributed by atoms with Crippen LogP contribution in [0.5, 0.6) is 0 Å². The van der Waals surface area contributed by atoms with E-state index in [1.54, 1.807) is 4.90 Å². The van der Waals surface area contributed by atoms with Crippen LogP contribution in [-0.2, 0) is 6.54 Å². The van der Waals surface area contributed by atoms with E-state index in [-0.39, 0.29) is 6.03 Å². The Morgan fingerprint density at radius 2 is 2.24 bits per heavy atom. The summed E-state index contributed by atoms with van der Waals surface area (Å²) in [4.78, 5) is 14.0. The number of aromatic nitrogens is 1. The molecule has 5 nitrogen and oxygen atoms in total. The maximum absolute atomic E-state index is 12.3. The number of hydrogen-bond donors (Lipinski definition) is 1. The zero-order valence-electron chi connectivity index (χ0n) is 13.3. The molecule has 1 aliphatic carbocycles. The smallest absolute Gasteiger partial charge is 0.317 e. The number of thioether (sulfide) groups is 1. The first-order valence-corrected chi connectivity index (χ1v) is 8.61. The van der Waals surface area contributed by atoms with Gasteiger partial charge < -0.3 is 14.7 Å². The van der Waals surface area contributed by atoms with Gasteiger partial charge in [-0.25, -0.2) is 4.79 Å². The minimum atomic E-state index is -0.0119. The largest absolute Gasteiger partial charge is 0.361 e. The number of carbonyl (C=O) groups is 1. The normalized spacial score (nSPS) is 21.5. The lowest BCUT2D eigenvalue weighted by Gasteiger charge is -2.21. The molecule has 0 aliphatic heterocycles. The quantitative estimate of drug-likeness (QED) is 0.908. The summed E-state index contributed by atoms with van der Waals surface area (Å²) in [5.74, 6) is 1.93. The monoisotopic (exact) mass is 311 g/mol. The first-order valence-electron chi connectivity index (χ1n) is 7.56. The highest BCUT2D eigenvalue weighted by molar-refractivity contribution is 7.99. The zero-order valence-corrected chi connectivity index (χ0v) is 14.1. The second-order valence-electron chi connectivity index (χ2n) is 5.70. The first-order chi connectivity index (χ1) is 10.0. The standard InChI is InChI=1S/C15H25N3O2S/c1-5-21-13-7-6-12(8-13)16-15(19)18(4)9-14-10(2)17-20-11(14)3/h12-13H,5-9H2,1-4H3,(H,16,19)/t12-,13+/m0/s1. The Morgan fingerprint density at radius 3 is 2.86 bits per heavy atom. The van der Waals surface area contributed by atoms with Crippen molar-refractivity contribution >= 4 is 17.8 Å². The van der Waals surface area contributed by atoms with Gasteiger partial charge in [-0.2, -0.15) is 11.8 Å². The van der Waals surface area contributed by atoms with E-state index in [0.29, 0.717) is 17.8 Å². The molecule has 2 amide bonds. The summed E-state index contributed by atoms with van der Waals surface area (Å²) in [5.41, 5.74) is 1.85. The van der Waals surface area contributed by atoms with Crippen molar-refractivity contribution in [3.63, 3.8) is 0 Å². The summed E-state index contributed by atoms with van der Waals surface area (Å²) in [6, 6.07) is 0.302. The average Bonchev–Trinajstić information content (AvgIpc) is 3.00. The van der Waals surface area contributed by atoms with Crippen molar-refractivity contribution in [3.05, 3.63) is 17.0 Å². The molecule has 0 spiro atoms. The molecule has 0 unspecified atom stereocenters. The SMILES string of the molecule is CCS[C@@H]1CC[C@H](NC(=O)N(C)Cc2c(C)noc2C)C1. The van der Waals surface area contributed by atoms with Crippen LogP contribution in [0.25, 0.3) is 0 Å². The van der Waals surface area contributed by atoms with Crippen molar-refractivity contribution in [3.8, 4) is 0 Å². The summed E-state index contributed by atoms with van der Waals surface area (Å²) >= 11 is 2.00. The van der Waals surface area contributed by atoms with Crippen LogP contribution in [0, 0.1) is 13.8 Å². The van der Waals surface area contributed by atoms with Crippen molar-refractivity contribution < 1.29 is 9.32 Å². The van der Waals surface area contributed by atoms with E-state index < -0.39 is 0 Å². The van der Waals surface area contributed by atoms with Crippen molar-refractivity contribution in [2.45, 2.75) is 57.9 Å². The molecule has 0 bridgehead atoms. The molecule has 0 saturated heterocycles. The molecule has 2 rings (SSSR count). The van der Waals surface area contributed by atoms with E-state index in [1.807, 2.05) is 32.7 Å². The Balaban J connectivity index is 1.83. The van der Waals surface area contributed by atoms with Gasteiger partial charge in [-0.15, -0.1) is 0 Å². The van der Waals surface area contributed by atoms with Gasteiger partial charge in [-0.3, -0.25) is 0 Å². The molecule has 1 aromatic heterocycles. The number of amides is 2. The highest BCUT2D eigenvalue weighted by Crippen LogP contribution is 2.29. The highest BCUT2D eigenvalue weighted by atomic mass is 32.2. The van der Waals surface area contributed by atoms with Crippen LogP contribution >= 0.6 is 11.8 Å². The predicted molar refractivity (Wildman–Crippen MR) is 85.5 cm³/mol. The van der Waals surface area contributed by atoms with Crippen LogP contribution in [0.4, 0.5) is 4.79 Å². The maximum Gasteiger partial charge on any atom is 0.317 e. The van der Waals surface area contributed by atoms with Gasteiger partial charge in [0.1, 0.15) is 5.76 Å². The second kappa shape index (κ2) is 7.20. The fourth-order valence-corrected chi connectivity index (χ4v) is 3.92. The Morgan fingerprint density at radius 1 is 1.48 bits per heavy atom. The number of urea groups is 1. The molecule has 1 aliphatic rings. The van der Waals surface area contributed by atoms with Crippen LogP contribution in [0.15, 0.2) is 4.52 Å². The van der Waals surface area contributed by atoms with Crippen molar-refractivity contribution in [1.82, 2.24) is 15.4 Å². The van der Waals surface area contributed by atoms with E-state index in [9.17, 15) is 4.79 Å². The van der Waals surface area contributed by atoms with Crippen LogP contribution < -0.4 is 5.32 Å². The molecule has 118 valence electrons. The maximum atomic E-state index is 12.3. The van der Waals surface area contributed by atoms with E-state index in [4.69, 9.17) is 4.52 Å². The molecule has 1 N–H and O–H groups in total. The van der Waals surface area contributed by atoms with E-state index in [2.05, 4.69) is 17.4 Å². The van der Waals surface area contributed by atoms with E-state index in [0.717, 1.165) is 35.6 Å². The number of nitrogens with one attached hydrogen (secondary N) is 1. The zero-order chi connectivity index (χ0) is 15.4. The number of aryl methyl sites for hydroxylation is 2. The van der Waals surface area contributed by atoms with Gasteiger partial charge in [0.15, 0.2) is 0 Å². The van der Waals surface area contributed by atoms with Crippen LogP contribution in [0.2, 0.25) is 0 Å². The Kier molecular flexibility index (Phi) is 5.56. The van der Waals surface area contributed by atoms with Gasteiger partial charge in [0, 0.05) is 23.9 Å². The van der Waals surface area contributed by atoms with Gasteiger partial charge in [-0.05, 0) is 38.9 Å². The van der Waals surface area contributed by atoms with E-state index in [1.165, 1.54) is 6.42 Å². The molecule has 0 radical (unpaired) electrons. The average molecular weight is 311 g/mol. The van der Waals surface area contributed by atoms with Gasteiger partial charge in [0.05, 0.1) is 12.2 Å². The van der Waals surface area contributed by atoms with Crippen LogP contribution in [0.1, 0.15) is 43.2 Å². The fourth-order valence-electron chi connectivity index (χ4n) is 2.78. The lowest BCUT2D eigenvalue weighted by molar-refractivity contribution is 0.202. The summed E-state index contributed by atoms with van der Waals surface area (Å²) in [6.45, 7) is 6.51. The number of nitrogens with zero attached hydrogens (tertiary/aromatic N) is 2. The third-order valence-corrected chi connectivity index (χ3v) is 5.27. The fraction of sp³-hybridized carbons (Fsp3) is 0.733. The van der Waals surface area contributed by atoms with Gasteiger partial charge in [-0.1, -0.05) is 12.1 Å². The molecule has 0 aromatic carbocycles. The molecule has 6 heteroatoms. The predicted octanol–water partition coefficient (Wildman–Crippen LogP) is 3.11. The molecule has 1 aromatic rings. The number of rotatable bonds is 5. The van der Waals surface area contributed by atoms with Gasteiger partial charge >= 0.3 is 6.03 Å². The van der Waals surface area contributed by atoms with Gasteiger partial charge in [0.25, 0.3) is 0 Å². The number of carbonyl (C=O) groups excluding carboxylic acids is 1. The lowest BCUT2D eigenvalue weighted by Crippen LogP contribution is -2.42. The van der Waals surface area contributed by atoms with Crippen molar-refractivity contribution in [1.29, 1.82) is 0 Å². The topological polar surface area (TPSA) is 58.4 Å². The van der Waals surface area contributed by atoms with Crippen molar-refractivity contribution in [2.75, 3.05) is 12.8 Å². The first kappa shape index (κ1) is 16.2. The minimum absolute atomic E-state index is 0.0119. The summed E-state index contributed by atoms with van der Waals surface area (Å²) < 4.78 is 5.14. The van der Waals surface area contributed by atoms with Crippen LogP contribution in [0.3, 0.4) is 0 Å². The van der Waals surface area contributed by atoms with E-state index >= 15 is 0 Å². The number of hydrogen-bond acceptors (Lipinski definition) is 4. The lowest BCUT2D eigenvalue weighted by atomic mass is 10.2. The molecule has 1 fully saturated rings. The minimum Gasteiger partial charge on any atom is -0.361 e. The molecule has 21 heavy (non-hydrogen) atoms. The molecule has 2 atom stereocenters. The second-order valence-corrected chi connectivity index (χ2v) is 7.27. The molecule has 1 heterocycles. The summed E-state index contributed by atoms with van der Waals surface area (Å²) in [6.07, 6.45) is 3.38. The molecular formula is C15H25N3O2S. The van der Waals surface area contributed by atoms with Crippen LogP contribution in [-0.4, -0.2) is 40.2 Å². The third-order valence-electron chi connectivity index (χ3n) is 4.04. The Bertz CT molecular complexity index is 470. The molecule has 1 saturated carbocycles. The Hall–Kier alpha value is -1.17. The summed E-state index contributed by atoms with van der Waals surface area (Å²) in [7, 11) is 1.81. The third kappa shape index (κ3) is 4.15. The highest BCUT2D eigenvalue weighted by Gasteiger charge is 2.26. The Labute approximate surface area is 130 Å². The molecular weight excluding hydrogens is 286 g/mol. The summed E-state index contributed by atoms with van der Waals surface area (Å²) in [5, 5.41) is 7.77.